The van der Waals surface area contributed by atoms with Crippen LogP contribution in [0.2, 0.25) is 0 Å². The molecule has 0 heterocycles. The molecule has 0 saturated heterocycles. The summed E-state index contributed by atoms with van der Waals surface area (Å²) >= 11 is 0. The Labute approximate surface area is 108 Å². The molecule has 0 aromatic carbocycles. The highest BCUT2D eigenvalue weighted by Crippen LogP contribution is 2.29. The average Bonchev–Trinajstić information content (AvgIpc) is 2.34. The summed E-state index contributed by atoms with van der Waals surface area (Å²) < 4.78 is 6.26. The molecule has 0 aromatic rings. The second-order valence-corrected chi connectivity index (χ2v) is 5.79. The van der Waals surface area contributed by atoms with Gasteiger partial charge in [-0.25, -0.2) is 0 Å². The molecular weight excluding hydrogens is 210 g/mol. The Kier molecular flexibility index (Phi) is 7.14. The fourth-order valence-electron chi connectivity index (χ4n) is 2.66. The van der Waals surface area contributed by atoms with E-state index in [1.54, 1.807) is 0 Å². The molecule has 1 aliphatic carbocycles. The van der Waals surface area contributed by atoms with E-state index in [9.17, 15) is 0 Å². The lowest BCUT2D eigenvalue weighted by molar-refractivity contribution is -0.0415. The van der Waals surface area contributed by atoms with Crippen LogP contribution in [-0.4, -0.2) is 24.8 Å². The van der Waals surface area contributed by atoms with Gasteiger partial charge in [-0.2, -0.15) is 0 Å². The van der Waals surface area contributed by atoms with Crippen LogP contribution in [0.3, 0.4) is 0 Å². The van der Waals surface area contributed by atoms with Crippen molar-refractivity contribution >= 4 is 0 Å². The first-order valence-electron chi connectivity index (χ1n) is 7.54. The van der Waals surface area contributed by atoms with Gasteiger partial charge in [-0.3, -0.25) is 0 Å². The number of hydrogen-bond donors (Lipinski definition) is 1. The van der Waals surface area contributed by atoms with E-state index in [2.05, 4.69) is 33.0 Å². The van der Waals surface area contributed by atoms with E-state index < -0.39 is 0 Å². The van der Waals surface area contributed by atoms with Crippen molar-refractivity contribution in [1.82, 2.24) is 5.32 Å². The van der Waals surface area contributed by atoms with Gasteiger partial charge in [0.25, 0.3) is 0 Å². The van der Waals surface area contributed by atoms with Crippen LogP contribution in [0.25, 0.3) is 0 Å². The van der Waals surface area contributed by atoms with E-state index in [0.29, 0.717) is 18.2 Å². The normalized spacial score (nSPS) is 27.4. The Hall–Kier alpha value is -0.0800. The fourth-order valence-corrected chi connectivity index (χ4v) is 2.66. The van der Waals surface area contributed by atoms with Crippen LogP contribution in [0, 0.1) is 5.92 Å². The summed E-state index contributed by atoms with van der Waals surface area (Å²) in [5.41, 5.74) is 0. The molecule has 1 saturated carbocycles. The van der Waals surface area contributed by atoms with Crippen LogP contribution in [-0.2, 0) is 4.74 Å². The molecule has 0 aromatic heterocycles. The van der Waals surface area contributed by atoms with E-state index in [4.69, 9.17) is 4.74 Å². The second kappa shape index (κ2) is 8.10. The number of hydrogen-bond acceptors (Lipinski definition) is 2. The van der Waals surface area contributed by atoms with E-state index in [1.807, 2.05) is 0 Å². The quantitative estimate of drug-likeness (QED) is 0.733. The van der Waals surface area contributed by atoms with Crippen molar-refractivity contribution in [2.45, 2.75) is 84.5 Å². The zero-order valence-electron chi connectivity index (χ0n) is 12.2. The van der Waals surface area contributed by atoms with Gasteiger partial charge in [0.15, 0.2) is 0 Å². The average molecular weight is 241 g/mol. The Morgan fingerprint density at radius 2 is 2.00 bits per heavy atom. The van der Waals surface area contributed by atoms with Crippen LogP contribution in [0.4, 0.5) is 0 Å². The molecule has 0 aliphatic heterocycles. The van der Waals surface area contributed by atoms with Gasteiger partial charge in [0.05, 0.1) is 12.2 Å². The highest BCUT2D eigenvalue weighted by Gasteiger charge is 2.23. The van der Waals surface area contributed by atoms with Crippen LogP contribution >= 0.6 is 0 Å². The molecule has 1 fully saturated rings. The third-order valence-electron chi connectivity index (χ3n) is 3.91. The molecule has 1 N–H and O–H groups in total. The second-order valence-electron chi connectivity index (χ2n) is 5.79. The summed E-state index contributed by atoms with van der Waals surface area (Å²) in [5, 5.41) is 3.49. The summed E-state index contributed by atoms with van der Waals surface area (Å²) in [7, 11) is 0. The van der Waals surface area contributed by atoms with Crippen LogP contribution < -0.4 is 5.32 Å². The van der Waals surface area contributed by atoms with Crippen molar-refractivity contribution in [2.75, 3.05) is 6.54 Å². The summed E-state index contributed by atoms with van der Waals surface area (Å²) in [6, 6.07) is 0.558. The first-order chi connectivity index (χ1) is 8.15. The van der Waals surface area contributed by atoms with E-state index >= 15 is 0 Å². The minimum absolute atomic E-state index is 0.401. The van der Waals surface area contributed by atoms with Gasteiger partial charge in [0.2, 0.25) is 0 Å². The Balaban J connectivity index is 2.28. The summed E-state index contributed by atoms with van der Waals surface area (Å²) in [5.74, 6) is 0.907. The van der Waals surface area contributed by atoms with Gasteiger partial charge < -0.3 is 10.1 Å². The fraction of sp³-hybridized carbons (Fsp3) is 1.00. The monoisotopic (exact) mass is 241 g/mol. The van der Waals surface area contributed by atoms with Crippen molar-refractivity contribution in [1.29, 1.82) is 0 Å². The smallest absolute Gasteiger partial charge is 0.0700 e. The van der Waals surface area contributed by atoms with Gasteiger partial charge >= 0.3 is 0 Å². The highest BCUT2D eigenvalue weighted by molar-refractivity contribution is 4.74. The zero-order chi connectivity index (χ0) is 12.7. The third kappa shape index (κ3) is 5.87. The first-order valence-corrected chi connectivity index (χ1v) is 7.54. The lowest BCUT2D eigenvalue weighted by Crippen LogP contribution is -2.36. The maximum atomic E-state index is 6.26. The standard InChI is InChI=1S/C15H31NO/c1-5-13-8-7-9-15(10-13)17-14(6-2)11-16-12(3)4/h12-16H,5-11H2,1-4H3. The number of rotatable bonds is 7. The first kappa shape index (κ1) is 15.0. The van der Waals surface area contributed by atoms with Gasteiger partial charge in [-0.1, -0.05) is 47.0 Å². The van der Waals surface area contributed by atoms with Crippen molar-refractivity contribution < 1.29 is 4.74 Å². The zero-order valence-corrected chi connectivity index (χ0v) is 12.2. The van der Waals surface area contributed by atoms with Crippen molar-refractivity contribution in [3.8, 4) is 0 Å². The molecule has 3 unspecified atom stereocenters. The van der Waals surface area contributed by atoms with Gasteiger partial charge in [-0.15, -0.1) is 0 Å². The summed E-state index contributed by atoms with van der Waals surface area (Å²) in [4.78, 5) is 0. The molecule has 0 radical (unpaired) electrons. The maximum absolute atomic E-state index is 6.26. The van der Waals surface area contributed by atoms with E-state index in [1.165, 1.54) is 32.1 Å². The largest absolute Gasteiger partial charge is 0.374 e. The maximum Gasteiger partial charge on any atom is 0.0700 e. The third-order valence-corrected chi connectivity index (χ3v) is 3.91. The number of nitrogens with one attached hydrogen (secondary N) is 1. The van der Waals surface area contributed by atoms with Gasteiger partial charge in [0.1, 0.15) is 0 Å². The summed E-state index contributed by atoms with van der Waals surface area (Å²) in [6.45, 7) is 9.93. The van der Waals surface area contributed by atoms with Crippen LogP contribution in [0.5, 0.6) is 0 Å². The molecule has 3 atom stereocenters. The molecule has 1 rings (SSSR count). The molecule has 0 amide bonds. The van der Waals surface area contributed by atoms with Crippen LogP contribution in [0.1, 0.15) is 66.2 Å². The predicted octanol–water partition coefficient (Wildman–Crippen LogP) is 3.75. The molecule has 2 nitrogen and oxygen atoms in total. The van der Waals surface area contributed by atoms with Crippen LogP contribution in [0.15, 0.2) is 0 Å². The minimum Gasteiger partial charge on any atom is -0.374 e. The minimum atomic E-state index is 0.401. The van der Waals surface area contributed by atoms with Gasteiger partial charge in [-0.05, 0) is 25.2 Å². The van der Waals surface area contributed by atoms with Crippen molar-refractivity contribution in [2.24, 2.45) is 5.92 Å². The van der Waals surface area contributed by atoms with Crippen molar-refractivity contribution in [3.05, 3.63) is 0 Å². The molecule has 17 heavy (non-hydrogen) atoms. The molecule has 1 aliphatic rings. The topological polar surface area (TPSA) is 21.3 Å². The molecule has 0 spiro atoms. The molecule has 102 valence electrons. The molecule has 0 bridgehead atoms. The number of ether oxygens (including phenoxy) is 1. The van der Waals surface area contributed by atoms with E-state index in [0.717, 1.165) is 18.9 Å². The highest BCUT2D eigenvalue weighted by atomic mass is 16.5. The molecular formula is C15H31NO. The lowest BCUT2D eigenvalue weighted by atomic mass is 9.85. The van der Waals surface area contributed by atoms with Gasteiger partial charge in [0, 0.05) is 12.6 Å². The predicted molar refractivity (Wildman–Crippen MR) is 74.3 cm³/mol. The summed E-state index contributed by atoms with van der Waals surface area (Å²) in [6.07, 6.45) is 8.69. The Morgan fingerprint density at radius 3 is 2.59 bits per heavy atom. The molecule has 2 heteroatoms. The Morgan fingerprint density at radius 1 is 1.24 bits per heavy atom. The lowest BCUT2D eigenvalue weighted by Gasteiger charge is -2.31. The SMILES string of the molecule is CCC1CCCC(OC(CC)CNC(C)C)C1. The Bertz CT molecular complexity index is 193. The van der Waals surface area contributed by atoms with Crippen molar-refractivity contribution in [3.63, 3.8) is 0 Å². The van der Waals surface area contributed by atoms with E-state index in [-0.39, 0.29) is 0 Å².